The minimum Gasteiger partial charge on any atom is -0.481 e. The highest BCUT2D eigenvalue weighted by molar-refractivity contribution is 5.75. The average molecular weight is 168 g/mol. The van der Waals surface area contributed by atoms with Crippen LogP contribution in [0.25, 0.3) is 0 Å². The highest BCUT2D eigenvalue weighted by atomic mass is 16.4. The van der Waals surface area contributed by atoms with Gasteiger partial charge in [-0.25, -0.2) is 0 Å². The fourth-order valence-electron chi connectivity index (χ4n) is 1.21. The Bertz CT molecular complexity index is 280. The van der Waals surface area contributed by atoms with E-state index in [4.69, 9.17) is 5.11 Å². The predicted molar refractivity (Wildman–Crippen MR) is 44.0 cm³/mol. The minimum atomic E-state index is -0.801. The number of aromatic amines is 1. The maximum absolute atomic E-state index is 10.7. The van der Waals surface area contributed by atoms with E-state index >= 15 is 0 Å². The van der Waals surface area contributed by atoms with Gasteiger partial charge in [0.1, 0.15) is 0 Å². The van der Waals surface area contributed by atoms with Crippen molar-refractivity contribution >= 4 is 5.97 Å². The van der Waals surface area contributed by atoms with E-state index in [-0.39, 0.29) is 0 Å². The average Bonchev–Trinajstić information content (AvgIpc) is 2.38. The summed E-state index contributed by atoms with van der Waals surface area (Å²) in [5.74, 6) is -1.25. The summed E-state index contributed by atoms with van der Waals surface area (Å²) in [6, 6.07) is 0. The second-order valence-corrected chi connectivity index (χ2v) is 2.77. The first-order valence-electron chi connectivity index (χ1n) is 3.89. The van der Waals surface area contributed by atoms with Crippen LogP contribution < -0.4 is 0 Å². The molecule has 0 aliphatic rings. The van der Waals surface area contributed by atoms with Crippen molar-refractivity contribution in [2.45, 2.75) is 26.2 Å². The maximum atomic E-state index is 10.7. The number of hydrogen-bond acceptors (Lipinski definition) is 2. The lowest BCUT2D eigenvalue weighted by molar-refractivity contribution is -0.139. The molecule has 0 fully saturated rings. The second kappa shape index (κ2) is 3.38. The zero-order valence-corrected chi connectivity index (χ0v) is 7.16. The number of nitrogens with one attached hydrogen (secondary N) is 1. The van der Waals surface area contributed by atoms with Gasteiger partial charge in [-0.15, -0.1) is 0 Å². The van der Waals surface area contributed by atoms with Crippen molar-refractivity contribution in [2.75, 3.05) is 0 Å². The van der Waals surface area contributed by atoms with Crippen LogP contribution in [0.1, 0.15) is 30.5 Å². The van der Waals surface area contributed by atoms with Crippen molar-refractivity contribution in [1.29, 1.82) is 0 Å². The van der Waals surface area contributed by atoms with Gasteiger partial charge in [0.05, 0.1) is 17.8 Å². The Hall–Kier alpha value is -1.32. The molecule has 1 heterocycles. The molecule has 1 aromatic rings. The van der Waals surface area contributed by atoms with Crippen molar-refractivity contribution < 1.29 is 9.90 Å². The van der Waals surface area contributed by atoms with Crippen LogP contribution in [0.2, 0.25) is 0 Å². The Balaban J connectivity index is 2.94. The smallest absolute Gasteiger partial charge is 0.312 e. The molecule has 0 bridgehead atoms. The molecule has 1 aromatic heterocycles. The number of hydrogen-bond donors (Lipinski definition) is 2. The number of aromatic nitrogens is 2. The van der Waals surface area contributed by atoms with Crippen molar-refractivity contribution in [3.05, 3.63) is 17.5 Å². The van der Waals surface area contributed by atoms with Gasteiger partial charge >= 0.3 is 5.97 Å². The van der Waals surface area contributed by atoms with Crippen molar-refractivity contribution in [3.8, 4) is 0 Å². The molecule has 4 heteroatoms. The Morgan fingerprint density at radius 2 is 2.50 bits per heavy atom. The van der Waals surface area contributed by atoms with E-state index in [9.17, 15) is 4.79 Å². The van der Waals surface area contributed by atoms with E-state index in [1.807, 2.05) is 13.8 Å². The highest BCUT2D eigenvalue weighted by Gasteiger charge is 2.20. The summed E-state index contributed by atoms with van der Waals surface area (Å²) in [6.45, 7) is 3.70. The summed E-state index contributed by atoms with van der Waals surface area (Å²) in [5.41, 5.74) is 1.62. The van der Waals surface area contributed by atoms with Crippen LogP contribution in [0.3, 0.4) is 0 Å². The maximum Gasteiger partial charge on any atom is 0.312 e. The number of carboxylic acid groups (broad SMARTS) is 1. The summed E-state index contributed by atoms with van der Waals surface area (Å²) < 4.78 is 0. The van der Waals surface area contributed by atoms with Crippen LogP contribution in [0.15, 0.2) is 6.20 Å². The van der Waals surface area contributed by atoms with E-state index in [2.05, 4.69) is 10.2 Å². The van der Waals surface area contributed by atoms with Crippen molar-refractivity contribution in [2.24, 2.45) is 0 Å². The Labute approximate surface area is 70.6 Å². The van der Waals surface area contributed by atoms with E-state index in [0.717, 1.165) is 5.56 Å². The first-order valence-corrected chi connectivity index (χ1v) is 3.89. The van der Waals surface area contributed by atoms with Crippen molar-refractivity contribution in [3.63, 3.8) is 0 Å². The van der Waals surface area contributed by atoms with Gasteiger partial charge < -0.3 is 5.11 Å². The van der Waals surface area contributed by atoms with Crippen LogP contribution in [-0.2, 0) is 4.79 Å². The first kappa shape index (κ1) is 8.77. The third-order valence-electron chi connectivity index (χ3n) is 1.92. The fraction of sp³-hybridized carbons (Fsp3) is 0.500. The predicted octanol–water partition coefficient (Wildman–Crippen LogP) is 1.30. The Morgan fingerprint density at radius 1 is 1.83 bits per heavy atom. The molecule has 0 aromatic carbocycles. The minimum absolute atomic E-state index is 0.451. The summed E-state index contributed by atoms with van der Waals surface area (Å²) >= 11 is 0. The SMILES string of the molecule is CCC(C(=O)O)c1[nH]ncc1C. The topological polar surface area (TPSA) is 66.0 Å². The molecule has 1 atom stereocenters. The van der Waals surface area contributed by atoms with Crippen LogP contribution in [0.4, 0.5) is 0 Å². The molecule has 0 radical (unpaired) electrons. The normalized spacial score (nSPS) is 12.8. The molecule has 2 N–H and O–H groups in total. The standard InChI is InChI=1S/C8H12N2O2/c1-3-6(8(11)12)7-5(2)4-9-10-7/h4,6H,3H2,1-2H3,(H,9,10)(H,11,12). The lowest BCUT2D eigenvalue weighted by Gasteiger charge is -2.07. The molecule has 0 saturated carbocycles. The Kier molecular flexibility index (Phi) is 2.47. The molecule has 4 nitrogen and oxygen atoms in total. The van der Waals surface area contributed by atoms with Gasteiger partial charge in [0.2, 0.25) is 0 Å². The van der Waals surface area contributed by atoms with Gasteiger partial charge in [0, 0.05) is 0 Å². The zero-order valence-electron chi connectivity index (χ0n) is 7.16. The molecular weight excluding hydrogens is 156 g/mol. The third-order valence-corrected chi connectivity index (χ3v) is 1.92. The van der Waals surface area contributed by atoms with Gasteiger partial charge in [-0.2, -0.15) is 5.10 Å². The molecule has 1 unspecified atom stereocenters. The lowest BCUT2D eigenvalue weighted by atomic mass is 10.0. The molecule has 1 rings (SSSR count). The molecular formula is C8H12N2O2. The summed E-state index contributed by atoms with van der Waals surface area (Å²) in [4.78, 5) is 10.7. The van der Waals surface area contributed by atoms with Gasteiger partial charge in [0.15, 0.2) is 0 Å². The monoisotopic (exact) mass is 168 g/mol. The van der Waals surface area contributed by atoms with Gasteiger partial charge in [-0.3, -0.25) is 9.89 Å². The molecule has 0 amide bonds. The molecule has 0 aliphatic heterocycles. The van der Waals surface area contributed by atoms with Gasteiger partial charge in [0.25, 0.3) is 0 Å². The zero-order chi connectivity index (χ0) is 9.14. The fourth-order valence-corrected chi connectivity index (χ4v) is 1.21. The van der Waals surface area contributed by atoms with E-state index in [1.54, 1.807) is 6.20 Å². The third kappa shape index (κ3) is 1.47. The van der Waals surface area contributed by atoms with Gasteiger partial charge in [-0.1, -0.05) is 6.92 Å². The number of aliphatic carboxylic acids is 1. The van der Waals surface area contributed by atoms with E-state index in [0.29, 0.717) is 12.1 Å². The highest BCUT2D eigenvalue weighted by Crippen LogP contribution is 2.19. The number of H-pyrrole nitrogens is 1. The lowest BCUT2D eigenvalue weighted by Crippen LogP contribution is -2.11. The largest absolute Gasteiger partial charge is 0.481 e. The van der Waals surface area contributed by atoms with Crippen LogP contribution in [-0.4, -0.2) is 21.3 Å². The number of rotatable bonds is 3. The first-order chi connectivity index (χ1) is 5.66. The number of carboxylic acids is 1. The number of carbonyl (C=O) groups is 1. The molecule has 0 saturated heterocycles. The number of aryl methyl sites for hydroxylation is 1. The Morgan fingerprint density at radius 3 is 2.83 bits per heavy atom. The summed E-state index contributed by atoms with van der Waals surface area (Å²) in [7, 11) is 0. The molecule has 0 aliphatic carbocycles. The van der Waals surface area contributed by atoms with Gasteiger partial charge in [-0.05, 0) is 18.9 Å². The summed E-state index contributed by atoms with van der Waals surface area (Å²) in [6.07, 6.45) is 2.22. The molecule has 66 valence electrons. The number of nitrogens with zero attached hydrogens (tertiary/aromatic N) is 1. The van der Waals surface area contributed by atoms with Crippen LogP contribution in [0.5, 0.6) is 0 Å². The molecule has 12 heavy (non-hydrogen) atoms. The molecule has 0 spiro atoms. The van der Waals surface area contributed by atoms with E-state index in [1.165, 1.54) is 0 Å². The second-order valence-electron chi connectivity index (χ2n) is 2.77. The van der Waals surface area contributed by atoms with Crippen LogP contribution in [0, 0.1) is 6.92 Å². The summed E-state index contributed by atoms with van der Waals surface area (Å²) in [5, 5.41) is 15.3. The van der Waals surface area contributed by atoms with E-state index < -0.39 is 11.9 Å². The van der Waals surface area contributed by atoms with Crippen molar-refractivity contribution in [1.82, 2.24) is 10.2 Å². The quantitative estimate of drug-likeness (QED) is 0.714. The van der Waals surface area contributed by atoms with Crippen LogP contribution >= 0.6 is 0 Å².